The van der Waals surface area contributed by atoms with Gasteiger partial charge in [-0.1, -0.05) is 23.7 Å². The van der Waals surface area contributed by atoms with Gasteiger partial charge < -0.3 is 9.64 Å². The van der Waals surface area contributed by atoms with Crippen LogP contribution in [0.15, 0.2) is 41.3 Å². The van der Waals surface area contributed by atoms with Crippen LogP contribution in [0.25, 0.3) is 0 Å². The summed E-state index contributed by atoms with van der Waals surface area (Å²) in [6.07, 6.45) is 0. The molecule has 0 amide bonds. The van der Waals surface area contributed by atoms with E-state index in [-0.39, 0.29) is 0 Å². The standard InChI is InChI=1S/C19H23ClN2O3S/c1-14-13-19(15(2)12-16(14)20)26(23,24)22-10-8-21(9-11-22)17-6-4-5-7-18(17)25-3/h4-7,12-13H,8-11H2,1-3H3. The molecule has 2 aromatic carbocycles. The zero-order chi connectivity index (χ0) is 18.9. The Kier molecular flexibility index (Phi) is 5.46. The van der Waals surface area contributed by atoms with E-state index >= 15 is 0 Å². The molecule has 26 heavy (non-hydrogen) atoms. The first-order valence-electron chi connectivity index (χ1n) is 8.49. The molecule has 0 bridgehead atoms. The second-order valence-corrected chi connectivity index (χ2v) is 8.74. The Morgan fingerprint density at radius 2 is 1.65 bits per heavy atom. The minimum atomic E-state index is -3.54. The van der Waals surface area contributed by atoms with Gasteiger partial charge in [-0.15, -0.1) is 0 Å². The lowest BCUT2D eigenvalue weighted by Crippen LogP contribution is -2.48. The molecule has 1 aliphatic rings. The number of aryl methyl sites for hydroxylation is 2. The van der Waals surface area contributed by atoms with E-state index in [1.807, 2.05) is 31.2 Å². The summed E-state index contributed by atoms with van der Waals surface area (Å²) in [5.74, 6) is 0.799. The molecule has 1 saturated heterocycles. The molecule has 1 aliphatic heterocycles. The fourth-order valence-electron chi connectivity index (χ4n) is 3.23. The summed E-state index contributed by atoms with van der Waals surface area (Å²) in [6, 6.07) is 11.2. The summed E-state index contributed by atoms with van der Waals surface area (Å²) < 4.78 is 33.1. The number of hydrogen-bond donors (Lipinski definition) is 0. The highest BCUT2D eigenvalue weighted by Gasteiger charge is 2.30. The molecule has 0 spiro atoms. The number of sulfonamides is 1. The minimum Gasteiger partial charge on any atom is -0.495 e. The predicted octanol–water partition coefficient (Wildman–Crippen LogP) is 3.48. The lowest BCUT2D eigenvalue weighted by molar-refractivity contribution is 0.378. The van der Waals surface area contributed by atoms with Gasteiger partial charge in [0.1, 0.15) is 5.75 Å². The fourth-order valence-corrected chi connectivity index (χ4v) is 5.16. The van der Waals surface area contributed by atoms with E-state index in [9.17, 15) is 8.42 Å². The fraction of sp³-hybridized carbons (Fsp3) is 0.368. The van der Waals surface area contributed by atoms with Crippen molar-refractivity contribution in [1.82, 2.24) is 4.31 Å². The summed E-state index contributed by atoms with van der Waals surface area (Å²) in [5.41, 5.74) is 2.43. The van der Waals surface area contributed by atoms with Crippen molar-refractivity contribution < 1.29 is 13.2 Å². The van der Waals surface area contributed by atoms with E-state index in [1.165, 1.54) is 0 Å². The molecular weight excluding hydrogens is 372 g/mol. The van der Waals surface area contributed by atoms with Crippen LogP contribution in [0.3, 0.4) is 0 Å². The number of hydrogen-bond acceptors (Lipinski definition) is 4. The Balaban J connectivity index is 1.80. The third kappa shape index (κ3) is 3.54. The largest absolute Gasteiger partial charge is 0.495 e. The molecule has 0 N–H and O–H groups in total. The first-order valence-corrected chi connectivity index (χ1v) is 10.3. The lowest BCUT2D eigenvalue weighted by atomic mass is 10.2. The van der Waals surface area contributed by atoms with E-state index in [2.05, 4.69) is 4.90 Å². The summed E-state index contributed by atoms with van der Waals surface area (Å²) in [4.78, 5) is 2.50. The molecule has 3 rings (SSSR count). The molecular formula is C19H23ClN2O3S. The third-order valence-corrected chi connectivity index (χ3v) is 7.19. The van der Waals surface area contributed by atoms with Crippen LogP contribution in [0.4, 0.5) is 5.69 Å². The maximum atomic E-state index is 13.1. The van der Waals surface area contributed by atoms with Crippen LogP contribution in [0.1, 0.15) is 11.1 Å². The van der Waals surface area contributed by atoms with Crippen molar-refractivity contribution >= 4 is 27.3 Å². The van der Waals surface area contributed by atoms with Crippen molar-refractivity contribution in [2.45, 2.75) is 18.7 Å². The third-order valence-electron chi connectivity index (χ3n) is 4.74. The van der Waals surface area contributed by atoms with Gasteiger partial charge in [0.2, 0.25) is 10.0 Å². The van der Waals surface area contributed by atoms with Gasteiger partial charge in [0.15, 0.2) is 0 Å². The topological polar surface area (TPSA) is 49.9 Å². The maximum absolute atomic E-state index is 13.1. The van der Waals surface area contributed by atoms with Crippen LogP contribution < -0.4 is 9.64 Å². The second-order valence-electron chi connectivity index (χ2n) is 6.43. The van der Waals surface area contributed by atoms with Crippen LogP contribution in [0, 0.1) is 13.8 Å². The number of anilines is 1. The number of benzene rings is 2. The van der Waals surface area contributed by atoms with E-state index in [0.717, 1.165) is 17.0 Å². The Bertz CT molecular complexity index is 907. The van der Waals surface area contributed by atoms with Crippen molar-refractivity contribution in [3.8, 4) is 5.75 Å². The summed E-state index contributed by atoms with van der Waals surface area (Å²) in [6.45, 7) is 5.70. The van der Waals surface area contributed by atoms with Crippen molar-refractivity contribution in [2.75, 3.05) is 38.2 Å². The summed E-state index contributed by atoms with van der Waals surface area (Å²) in [5, 5.41) is 0.586. The minimum absolute atomic E-state index is 0.338. The van der Waals surface area contributed by atoms with Crippen molar-refractivity contribution in [3.05, 3.63) is 52.5 Å². The second kappa shape index (κ2) is 7.47. The Morgan fingerprint density at radius 1 is 1.00 bits per heavy atom. The molecule has 2 aromatic rings. The molecule has 0 saturated carbocycles. The number of methoxy groups -OCH3 is 1. The van der Waals surface area contributed by atoms with E-state index in [1.54, 1.807) is 30.5 Å². The predicted molar refractivity (Wildman–Crippen MR) is 105 cm³/mol. The number of para-hydroxylation sites is 2. The van der Waals surface area contributed by atoms with E-state index < -0.39 is 10.0 Å². The number of ether oxygens (including phenoxy) is 1. The number of piperazine rings is 1. The quantitative estimate of drug-likeness (QED) is 0.796. The van der Waals surface area contributed by atoms with E-state index in [4.69, 9.17) is 16.3 Å². The highest BCUT2D eigenvalue weighted by Crippen LogP contribution is 2.30. The van der Waals surface area contributed by atoms with Gasteiger partial charge in [0.25, 0.3) is 0 Å². The van der Waals surface area contributed by atoms with Crippen LogP contribution in [-0.2, 0) is 10.0 Å². The number of nitrogens with zero attached hydrogens (tertiary/aromatic N) is 2. The van der Waals surface area contributed by atoms with Crippen LogP contribution in [0.2, 0.25) is 5.02 Å². The monoisotopic (exact) mass is 394 g/mol. The molecule has 1 heterocycles. The molecule has 0 aliphatic carbocycles. The van der Waals surface area contributed by atoms with Crippen LogP contribution >= 0.6 is 11.6 Å². The normalized spacial score (nSPS) is 15.9. The number of halogens is 1. The van der Waals surface area contributed by atoms with E-state index in [0.29, 0.717) is 41.7 Å². The maximum Gasteiger partial charge on any atom is 0.243 e. The average molecular weight is 395 g/mol. The van der Waals surface area contributed by atoms with Gasteiger partial charge in [-0.05, 0) is 49.2 Å². The van der Waals surface area contributed by atoms with Crippen LogP contribution in [0.5, 0.6) is 5.75 Å². The van der Waals surface area contributed by atoms with Crippen LogP contribution in [-0.4, -0.2) is 46.0 Å². The molecule has 0 unspecified atom stereocenters. The lowest BCUT2D eigenvalue weighted by Gasteiger charge is -2.36. The van der Waals surface area contributed by atoms with Gasteiger partial charge in [-0.25, -0.2) is 8.42 Å². The van der Waals surface area contributed by atoms with Gasteiger partial charge in [-0.3, -0.25) is 0 Å². The van der Waals surface area contributed by atoms with Gasteiger partial charge in [-0.2, -0.15) is 4.31 Å². The summed E-state index contributed by atoms with van der Waals surface area (Å²) >= 11 is 6.11. The Labute approximate surface area is 160 Å². The molecule has 0 radical (unpaired) electrons. The first kappa shape index (κ1) is 19.0. The van der Waals surface area contributed by atoms with Crippen molar-refractivity contribution in [3.63, 3.8) is 0 Å². The van der Waals surface area contributed by atoms with Gasteiger partial charge in [0, 0.05) is 31.2 Å². The molecule has 0 aromatic heterocycles. The smallest absolute Gasteiger partial charge is 0.243 e. The zero-order valence-electron chi connectivity index (χ0n) is 15.2. The highest BCUT2D eigenvalue weighted by molar-refractivity contribution is 7.89. The van der Waals surface area contributed by atoms with Crippen molar-refractivity contribution in [1.29, 1.82) is 0 Å². The zero-order valence-corrected chi connectivity index (χ0v) is 16.8. The van der Waals surface area contributed by atoms with Gasteiger partial charge >= 0.3 is 0 Å². The number of rotatable bonds is 4. The molecule has 5 nitrogen and oxygen atoms in total. The SMILES string of the molecule is COc1ccccc1N1CCN(S(=O)(=O)c2cc(C)c(Cl)cc2C)CC1. The average Bonchev–Trinajstić information content (AvgIpc) is 2.64. The summed E-state index contributed by atoms with van der Waals surface area (Å²) in [7, 11) is -1.89. The highest BCUT2D eigenvalue weighted by atomic mass is 35.5. The Hall–Kier alpha value is -1.76. The van der Waals surface area contributed by atoms with Gasteiger partial charge in [0.05, 0.1) is 17.7 Å². The Morgan fingerprint density at radius 3 is 2.31 bits per heavy atom. The molecule has 1 fully saturated rings. The molecule has 140 valence electrons. The molecule has 7 heteroatoms. The first-order chi connectivity index (χ1) is 12.3. The van der Waals surface area contributed by atoms with Crippen molar-refractivity contribution in [2.24, 2.45) is 0 Å². The molecule has 0 atom stereocenters.